The summed E-state index contributed by atoms with van der Waals surface area (Å²) in [6.07, 6.45) is 5.86. The van der Waals surface area contributed by atoms with E-state index >= 15 is 0 Å². The number of nitrogens with zero attached hydrogens (tertiary/aromatic N) is 3. The number of nitro benzene ring substituents is 1. The predicted octanol–water partition coefficient (Wildman–Crippen LogP) is 6.95. The summed E-state index contributed by atoms with van der Waals surface area (Å²) in [7, 11) is 0. The van der Waals surface area contributed by atoms with Gasteiger partial charge in [-0.2, -0.15) is 0 Å². The van der Waals surface area contributed by atoms with E-state index in [0.29, 0.717) is 5.56 Å². The molecule has 0 fully saturated rings. The van der Waals surface area contributed by atoms with Gasteiger partial charge >= 0.3 is 0 Å². The molecule has 7 nitrogen and oxygen atoms in total. The number of fused-ring (bicyclic) bond motifs is 1. The number of thiophene rings is 1. The molecule has 0 bridgehead atoms. The Hall–Kier alpha value is -4.04. The van der Waals surface area contributed by atoms with E-state index in [1.165, 1.54) is 10.9 Å². The number of nitro groups is 1. The van der Waals surface area contributed by atoms with E-state index in [9.17, 15) is 14.9 Å². The summed E-state index contributed by atoms with van der Waals surface area (Å²) in [5.41, 5.74) is 6.10. The van der Waals surface area contributed by atoms with Gasteiger partial charge in [-0.15, -0.1) is 11.3 Å². The number of anilines is 1. The Bertz CT molecular complexity index is 1480. The molecule has 0 saturated carbocycles. The zero-order chi connectivity index (χ0) is 25.2. The summed E-state index contributed by atoms with van der Waals surface area (Å²) >= 11 is 1.60. The summed E-state index contributed by atoms with van der Waals surface area (Å²) in [6, 6.07) is 18.1. The van der Waals surface area contributed by atoms with Crippen LogP contribution in [-0.4, -0.2) is 21.6 Å². The van der Waals surface area contributed by atoms with E-state index in [1.807, 2.05) is 60.9 Å². The maximum Gasteiger partial charge on any atom is 0.271 e. The first-order valence-electron chi connectivity index (χ1n) is 11.9. The van der Waals surface area contributed by atoms with E-state index in [-0.39, 0.29) is 16.5 Å². The second kappa shape index (κ2) is 9.91. The molecule has 1 aliphatic carbocycles. The molecule has 2 aromatic heterocycles. The van der Waals surface area contributed by atoms with Gasteiger partial charge in [0.05, 0.1) is 16.2 Å². The Labute approximate surface area is 213 Å². The topological polar surface area (TPSA) is 89.5 Å². The molecule has 36 heavy (non-hydrogen) atoms. The predicted molar refractivity (Wildman–Crippen MR) is 145 cm³/mol. The van der Waals surface area contributed by atoms with Crippen molar-refractivity contribution in [3.05, 3.63) is 104 Å². The van der Waals surface area contributed by atoms with Crippen molar-refractivity contribution in [2.75, 3.05) is 5.32 Å². The van der Waals surface area contributed by atoms with Crippen LogP contribution in [0.3, 0.4) is 0 Å². The first-order valence-corrected chi connectivity index (χ1v) is 12.7. The highest BCUT2D eigenvalue weighted by atomic mass is 32.1. The van der Waals surface area contributed by atoms with Crippen LogP contribution in [0.1, 0.15) is 50.6 Å². The van der Waals surface area contributed by atoms with Crippen LogP contribution in [0.5, 0.6) is 0 Å². The Balaban J connectivity index is 1.50. The fourth-order valence-corrected chi connectivity index (χ4v) is 6.01. The number of para-hydroxylation sites is 1. The second-order valence-corrected chi connectivity index (χ2v) is 9.99. The van der Waals surface area contributed by atoms with Crippen LogP contribution in [0, 0.1) is 24.0 Å². The lowest BCUT2D eigenvalue weighted by molar-refractivity contribution is -0.384. The molecule has 182 valence electrons. The molecular weight excluding hydrogens is 472 g/mol. The zero-order valence-electron chi connectivity index (χ0n) is 20.2. The van der Waals surface area contributed by atoms with Gasteiger partial charge < -0.3 is 9.88 Å². The van der Waals surface area contributed by atoms with Crippen LogP contribution < -0.4 is 5.32 Å². The van der Waals surface area contributed by atoms with E-state index in [0.717, 1.165) is 64.6 Å². The summed E-state index contributed by atoms with van der Waals surface area (Å²) in [6.45, 7) is 3.93. The third-order valence-corrected chi connectivity index (χ3v) is 7.70. The molecule has 0 aliphatic heterocycles. The fraction of sp³-hybridized carbons (Fsp3) is 0.214. The number of aliphatic imine (C=N–C) groups is 1. The van der Waals surface area contributed by atoms with Gasteiger partial charge in [0.25, 0.3) is 11.6 Å². The van der Waals surface area contributed by atoms with Gasteiger partial charge in [-0.3, -0.25) is 14.9 Å². The third kappa shape index (κ3) is 4.59. The Morgan fingerprint density at radius 1 is 1.08 bits per heavy atom. The number of benzene rings is 2. The first kappa shape index (κ1) is 23.7. The fourth-order valence-electron chi connectivity index (χ4n) is 4.78. The molecule has 8 heteroatoms. The number of non-ortho nitro benzene ring substituents is 1. The van der Waals surface area contributed by atoms with Crippen molar-refractivity contribution in [1.29, 1.82) is 0 Å². The molecule has 2 aromatic carbocycles. The Morgan fingerprint density at radius 2 is 1.86 bits per heavy atom. The molecule has 0 atom stereocenters. The van der Waals surface area contributed by atoms with Crippen LogP contribution in [0.2, 0.25) is 0 Å². The molecule has 5 rings (SSSR count). The highest BCUT2D eigenvalue weighted by molar-refractivity contribution is 7.16. The summed E-state index contributed by atoms with van der Waals surface area (Å²) < 4.78 is 1.98. The van der Waals surface area contributed by atoms with Crippen molar-refractivity contribution >= 4 is 39.8 Å². The number of carbonyl (C=O) groups excluding carboxylic acids is 1. The van der Waals surface area contributed by atoms with Crippen molar-refractivity contribution in [3.8, 4) is 5.69 Å². The van der Waals surface area contributed by atoms with E-state index in [2.05, 4.69) is 5.32 Å². The minimum Gasteiger partial charge on any atom is -0.322 e. The largest absolute Gasteiger partial charge is 0.322 e. The summed E-state index contributed by atoms with van der Waals surface area (Å²) in [4.78, 5) is 30.3. The molecular formula is C28H26N4O3S. The molecule has 1 aliphatic rings. The number of aromatic nitrogens is 1. The number of aryl methyl sites for hydroxylation is 2. The van der Waals surface area contributed by atoms with E-state index < -0.39 is 0 Å². The monoisotopic (exact) mass is 498 g/mol. The van der Waals surface area contributed by atoms with Gasteiger partial charge in [-0.05, 0) is 69.4 Å². The average Bonchev–Trinajstić information content (AvgIpc) is 3.39. The van der Waals surface area contributed by atoms with Gasteiger partial charge in [0.2, 0.25) is 0 Å². The standard InChI is InChI=1S/C28H26N4O3S/c1-18-15-20(19(2)31(18)22-11-8-12-23(16-22)32(34)35)17-29-28-26(24-13-6-7-14-25(24)36-28)27(33)30-21-9-4-3-5-10-21/h3-5,8-12,15-17H,6-7,13-14H2,1-2H3,(H,30,33)/b29-17+. The average molecular weight is 499 g/mol. The highest BCUT2D eigenvalue weighted by Crippen LogP contribution is 2.40. The smallest absolute Gasteiger partial charge is 0.271 e. The Morgan fingerprint density at radius 3 is 2.64 bits per heavy atom. The van der Waals surface area contributed by atoms with Gasteiger partial charge in [0, 0.05) is 45.9 Å². The first-order chi connectivity index (χ1) is 17.4. The number of hydrogen-bond donors (Lipinski definition) is 1. The molecule has 2 heterocycles. The van der Waals surface area contributed by atoms with Crippen LogP contribution in [-0.2, 0) is 12.8 Å². The summed E-state index contributed by atoms with van der Waals surface area (Å²) in [5.74, 6) is -0.130. The number of hydrogen-bond acceptors (Lipinski definition) is 5. The van der Waals surface area contributed by atoms with Crippen molar-refractivity contribution in [2.24, 2.45) is 4.99 Å². The summed E-state index contributed by atoms with van der Waals surface area (Å²) in [5, 5.41) is 15.0. The number of amides is 1. The lowest BCUT2D eigenvalue weighted by Gasteiger charge is -2.12. The normalized spacial score (nSPS) is 13.1. The minimum absolute atomic E-state index is 0.0495. The van der Waals surface area contributed by atoms with E-state index in [4.69, 9.17) is 4.99 Å². The molecule has 0 radical (unpaired) electrons. The highest BCUT2D eigenvalue weighted by Gasteiger charge is 2.25. The molecule has 4 aromatic rings. The van der Waals surface area contributed by atoms with Crippen LogP contribution in [0.25, 0.3) is 5.69 Å². The zero-order valence-corrected chi connectivity index (χ0v) is 21.0. The minimum atomic E-state index is -0.388. The SMILES string of the molecule is Cc1cc(/C=N/c2sc3c(c2C(=O)Nc2ccccc2)CCCC3)c(C)n1-c1cccc([N+](=O)[O-])c1. The maximum absolute atomic E-state index is 13.3. The van der Waals surface area contributed by atoms with Crippen molar-refractivity contribution < 1.29 is 9.72 Å². The molecule has 1 N–H and O–H groups in total. The van der Waals surface area contributed by atoms with E-state index in [1.54, 1.807) is 29.7 Å². The second-order valence-electron chi connectivity index (χ2n) is 8.91. The van der Waals surface area contributed by atoms with Crippen molar-refractivity contribution in [3.63, 3.8) is 0 Å². The third-order valence-electron chi connectivity index (χ3n) is 6.50. The maximum atomic E-state index is 13.3. The van der Waals surface area contributed by atoms with Crippen molar-refractivity contribution in [2.45, 2.75) is 39.5 Å². The number of rotatable bonds is 6. The van der Waals surface area contributed by atoms with Crippen LogP contribution in [0.15, 0.2) is 65.7 Å². The van der Waals surface area contributed by atoms with Gasteiger partial charge in [-0.25, -0.2) is 4.99 Å². The lowest BCUT2D eigenvalue weighted by Crippen LogP contribution is -2.14. The van der Waals surface area contributed by atoms with Gasteiger partial charge in [-0.1, -0.05) is 24.3 Å². The Kier molecular flexibility index (Phi) is 6.52. The number of carbonyl (C=O) groups is 1. The quantitative estimate of drug-likeness (QED) is 0.177. The molecule has 0 saturated heterocycles. The molecule has 0 spiro atoms. The van der Waals surface area contributed by atoms with Gasteiger partial charge in [0.1, 0.15) is 5.00 Å². The van der Waals surface area contributed by atoms with Gasteiger partial charge in [0.15, 0.2) is 0 Å². The molecule has 0 unspecified atom stereocenters. The van der Waals surface area contributed by atoms with Crippen LogP contribution in [0.4, 0.5) is 16.4 Å². The lowest BCUT2D eigenvalue weighted by atomic mass is 9.95. The van der Waals surface area contributed by atoms with Crippen LogP contribution >= 0.6 is 11.3 Å². The number of nitrogens with one attached hydrogen (secondary N) is 1. The van der Waals surface area contributed by atoms with Crippen molar-refractivity contribution in [1.82, 2.24) is 4.57 Å². The molecule has 1 amide bonds.